The smallest absolute Gasteiger partial charge is 0.266 e. The highest BCUT2D eigenvalue weighted by molar-refractivity contribution is 5.91. The van der Waals surface area contributed by atoms with Crippen LogP contribution in [0.15, 0.2) is 36.5 Å². The highest BCUT2D eigenvalue weighted by Crippen LogP contribution is 2.10. The van der Waals surface area contributed by atoms with Gasteiger partial charge in [0, 0.05) is 6.54 Å². The van der Waals surface area contributed by atoms with E-state index in [1.165, 1.54) is 0 Å². The maximum absolute atomic E-state index is 11.0. The third-order valence-corrected chi connectivity index (χ3v) is 2.16. The maximum Gasteiger partial charge on any atom is 0.266 e. The minimum Gasteiger partial charge on any atom is -0.508 e. The number of aryl methyl sites for hydroxylation is 1. The number of carbonyl (C=O) groups excluding carboxylic acids is 1. The molecule has 0 unspecified atom stereocenters. The third-order valence-electron chi connectivity index (χ3n) is 2.16. The van der Waals surface area contributed by atoms with Crippen molar-refractivity contribution in [2.75, 3.05) is 6.54 Å². The summed E-state index contributed by atoms with van der Waals surface area (Å²) in [6.07, 6.45) is 1.67. The van der Waals surface area contributed by atoms with E-state index >= 15 is 0 Å². The molecule has 0 radical (unpaired) electrons. The van der Waals surface area contributed by atoms with Crippen molar-refractivity contribution in [2.24, 2.45) is 5.73 Å². The lowest BCUT2D eigenvalue weighted by atomic mass is 10.1. The van der Waals surface area contributed by atoms with Crippen molar-refractivity contribution in [3.8, 4) is 5.75 Å². The molecule has 1 amide bonds. The largest absolute Gasteiger partial charge is 0.508 e. The van der Waals surface area contributed by atoms with Crippen molar-refractivity contribution in [1.29, 1.82) is 0 Å². The first-order valence-electron chi connectivity index (χ1n) is 5.10. The summed E-state index contributed by atoms with van der Waals surface area (Å²) in [6.45, 7) is 3.91. The maximum atomic E-state index is 11.0. The molecule has 1 rings (SSSR count). The van der Waals surface area contributed by atoms with Crippen LogP contribution in [0.1, 0.15) is 12.0 Å². The van der Waals surface area contributed by atoms with E-state index < -0.39 is 0 Å². The number of phenolic OH excluding ortho intramolecular Hbond substituents is 1. The Morgan fingerprint density at radius 3 is 2.56 bits per heavy atom. The number of benzene rings is 1. The highest BCUT2D eigenvalue weighted by atomic mass is 16.3. The zero-order chi connectivity index (χ0) is 12.0. The summed E-state index contributed by atoms with van der Waals surface area (Å²) < 4.78 is 0. The van der Waals surface area contributed by atoms with E-state index in [1.807, 2.05) is 12.1 Å². The van der Waals surface area contributed by atoms with Crippen LogP contribution in [0.5, 0.6) is 5.75 Å². The number of nitrogens with one attached hydrogen (secondary N) is 1. The molecule has 0 aliphatic heterocycles. The number of hydrogen-bond acceptors (Lipinski definition) is 3. The molecule has 0 saturated carbocycles. The van der Waals surface area contributed by atoms with E-state index in [4.69, 9.17) is 10.8 Å². The van der Waals surface area contributed by atoms with Gasteiger partial charge in [-0.05, 0) is 30.5 Å². The van der Waals surface area contributed by atoms with E-state index in [2.05, 4.69) is 11.9 Å². The Morgan fingerprint density at radius 1 is 1.38 bits per heavy atom. The van der Waals surface area contributed by atoms with Gasteiger partial charge in [-0.3, -0.25) is 4.79 Å². The Balaban J connectivity index is 2.23. The summed E-state index contributed by atoms with van der Waals surface area (Å²) in [6, 6.07) is 7.02. The molecule has 1 aromatic rings. The van der Waals surface area contributed by atoms with Crippen LogP contribution in [-0.4, -0.2) is 17.6 Å². The van der Waals surface area contributed by atoms with Gasteiger partial charge in [-0.15, -0.1) is 0 Å². The zero-order valence-corrected chi connectivity index (χ0v) is 9.07. The van der Waals surface area contributed by atoms with Crippen molar-refractivity contribution >= 4 is 5.91 Å². The van der Waals surface area contributed by atoms with Gasteiger partial charge < -0.3 is 16.2 Å². The minimum atomic E-state index is -0.314. The second-order valence-electron chi connectivity index (χ2n) is 3.55. The fourth-order valence-electron chi connectivity index (χ4n) is 1.27. The van der Waals surface area contributed by atoms with Crippen molar-refractivity contribution in [2.45, 2.75) is 12.8 Å². The predicted molar refractivity (Wildman–Crippen MR) is 62.8 cm³/mol. The first-order valence-corrected chi connectivity index (χ1v) is 5.10. The summed E-state index contributed by atoms with van der Waals surface area (Å²) in [5.41, 5.74) is 6.37. The third kappa shape index (κ3) is 4.04. The molecule has 4 nitrogen and oxygen atoms in total. The molecule has 0 fully saturated rings. The topological polar surface area (TPSA) is 75.4 Å². The number of rotatable bonds is 5. The summed E-state index contributed by atoms with van der Waals surface area (Å²) >= 11 is 0. The Bertz CT molecular complexity index is 371. The number of nitrogens with two attached hydrogens (primary N) is 1. The number of amides is 1. The normalized spacial score (nSPS) is 9.75. The van der Waals surface area contributed by atoms with Gasteiger partial charge >= 0.3 is 0 Å². The average Bonchev–Trinajstić information content (AvgIpc) is 2.26. The SMILES string of the molecule is C=C(N)C(=O)NCCCc1ccc(O)cc1. The molecule has 0 aliphatic carbocycles. The Labute approximate surface area is 94.8 Å². The highest BCUT2D eigenvalue weighted by Gasteiger charge is 2.00. The second kappa shape index (κ2) is 5.80. The first-order chi connectivity index (χ1) is 7.59. The van der Waals surface area contributed by atoms with Gasteiger partial charge in [0.05, 0.1) is 5.70 Å². The Hall–Kier alpha value is -1.97. The number of hydrogen-bond donors (Lipinski definition) is 3. The molecule has 4 heteroatoms. The zero-order valence-electron chi connectivity index (χ0n) is 9.07. The second-order valence-corrected chi connectivity index (χ2v) is 3.55. The van der Waals surface area contributed by atoms with Crippen molar-refractivity contribution in [3.63, 3.8) is 0 Å². The molecule has 0 aromatic heterocycles. The van der Waals surface area contributed by atoms with Gasteiger partial charge in [-0.2, -0.15) is 0 Å². The molecule has 1 aromatic carbocycles. The summed E-state index contributed by atoms with van der Waals surface area (Å²) in [5.74, 6) is -0.0535. The Morgan fingerprint density at radius 2 is 2.00 bits per heavy atom. The molecular formula is C12H16N2O2. The molecule has 0 bridgehead atoms. The van der Waals surface area contributed by atoms with E-state index in [0.29, 0.717) is 6.54 Å². The van der Waals surface area contributed by atoms with Crippen molar-refractivity contribution in [3.05, 3.63) is 42.1 Å². The number of carbonyl (C=O) groups is 1. The molecular weight excluding hydrogens is 204 g/mol. The monoisotopic (exact) mass is 220 g/mol. The van der Waals surface area contributed by atoms with Gasteiger partial charge in [-0.1, -0.05) is 18.7 Å². The van der Waals surface area contributed by atoms with Crippen LogP contribution in [0.25, 0.3) is 0 Å². The van der Waals surface area contributed by atoms with Gasteiger partial charge in [-0.25, -0.2) is 0 Å². The first kappa shape index (κ1) is 12.1. The van der Waals surface area contributed by atoms with E-state index in [0.717, 1.165) is 18.4 Å². The summed E-state index contributed by atoms with van der Waals surface area (Å²) in [5, 5.41) is 11.7. The molecule has 16 heavy (non-hydrogen) atoms. The molecule has 0 spiro atoms. The molecule has 0 aliphatic rings. The van der Waals surface area contributed by atoms with Crippen molar-refractivity contribution in [1.82, 2.24) is 5.32 Å². The number of aromatic hydroxyl groups is 1. The van der Waals surface area contributed by atoms with Crippen LogP contribution in [0.2, 0.25) is 0 Å². The lowest BCUT2D eigenvalue weighted by molar-refractivity contribution is -0.117. The van der Waals surface area contributed by atoms with Crippen molar-refractivity contribution < 1.29 is 9.90 Å². The predicted octanol–water partition coefficient (Wildman–Crippen LogP) is 0.913. The quantitative estimate of drug-likeness (QED) is 0.510. The summed E-state index contributed by atoms with van der Waals surface area (Å²) in [4.78, 5) is 11.0. The standard InChI is InChI=1S/C12H16N2O2/c1-9(13)12(16)14-8-2-3-10-4-6-11(15)7-5-10/h4-7,15H,1-3,8,13H2,(H,14,16). The summed E-state index contributed by atoms with van der Waals surface area (Å²) in [7, 11) is 0. The molecule has 0 heterocycles. The van der Waals surface area contributed by atoms with Crippen LogP contribution in [-0.2, 0) is 11.2 Å². The van der Waals surface area contributed by atoms with Crippen LogP contribution in [0, 0.1) is 0 Å². The van der Waals surface area contributed by atoms with Crippen LogP contribution in [0.4, 0.5) is 0 Å². The van der Waals surface area contributed by atoms with E-state index in [9.17, 15) is 4.79 Å². The average molecular weight is 220 g/mol. The van der Waals surface area contributed by atoms with Crippen LogP contribution < -0.4 is 11.1 Å². The Kier molecular flexibility index (Phi) is 4.39. The van der Waals surface area contributed by atoms with Gasteiger partial charge in [0.2, 0.25) is 0 Å². The van der Waals surface area contributed by atoms with Crippen LogP contribution in [0.3, 0.4) is 0 Å². The van der Waals surface area contributed by atoms with Crippen LogP contribution >= 0.6 is 0 Å². The lowest BCUT2D eigenvalue weighted by Gasteiger charge is -2.04. The van der Waals surface area contributed by atoms with E-state index in [-0.39, 0.29) is 17.4 Å². The van der Waals surface area contributed by atoms with Gasteiger partial charge in [0.15, 0.2) is 0 Å². The molecule has 0 saturated heterocycles. The molecule has 0 atom stereocenters. The fourth-order valence-corrected chi connectivity index (χ4v) is 1.27. The minimum absolute atomic E-state index is 0.0321. The number of phenols is 1. The fraction of sp³-hybridized carbons (Fsp3) is 0.250. The van der Waals surface area contributed by atoms with Gasteiger partial charge in [0.1, 0.15) is 5.75 Å². The lowest BCUT2D eigenvalue weighted by Crippen LogP contribution is -2.28. The van der Waals surface area contributed by atoms with Gasteiger partial charge in [0.25, 0.3) is 5.91 Å². The molecule has 86 valence electrons. The molecule has 4 N–H and O–H groups in total. The van der Waals surface area contributed by atoms with E-state index in [1.54, 1.807) is 12.1 Å².